The van der Waals surface area contributed by atoms with Crippen LogP contribution in [0.25, 0.3) is 0 Å². The first-order chi connectivity index (χ1) is 10.7. The summed E-state index contributed by atoms with van der Waals surface area (Å²) in [6, 6.07) is 7.37. The van der Waals surface area contributed by atoms with Gasteiger partial charge in [-0.25, -0.2) is 4.79 Å². The second kappa shape index (κ2) is 6.64. The maximum absolute atomic E-state index is 12.1. The van der Waals surface area contributed by atoms with Gasteiger partial charge in [0.25, 0.3) is 0 Å². The van der Waals surface area contributed by atoms with Crippen molar-refractivity contribution in [3.8, 4) is 0 Å². The van der Waals surface area contributed by atoms with Crippen LogP contribution < -0.4 is 16.0 Å². The highest BCUT2D eigenvalue weighted by Crippen LogP contribution is 2.21. The van der Waals surface area contributed by atoms with Crippen molar-refractivity contribution < 1.29 is 9.59 Å². The highest BCUT2D eigenvalue weighted by Gasteiger charge is 2.23. The van der Waals surface area contributed by atoms with Gasteiger partial charge in [-0.05, 0) is 56.4 Å². The lowest BCUT2D eigenvalue weighted by Gasteiger charge is -2.17. The van der Waals surface area contributed by atoms with Crippen LogP contribution in [-0.2, 0) is 4.79 Å². The molecule has 0 aromatic heterocycles. The Bertz CT molecular complexity index is 576. The molecule has 1 aromatic rings. The molecule has 0 aliphatic heterocycles. The zero-order chi connectivity index (χ0) is 15.4. The third kappa shape index (κ3) is 4.10. The van der Waals surface area contributed by atoms with E-state index in [1.54, 1.807) is 12.1 Å². The smallest absolute Gasteiger partial charge is 0.319 e. The Morgan fingerprint density at radius 2 is 1.59 bits per heavy atom. The van der Waals surface area contributed by atoms with Crippen molar-refractivity contribution >= 4 is 23.3 Å². The molecule has 1 atom stereocenters. The third-order valence-corrected chi connectivity index (χ3v) is 3.96. The number of benzene rings is 1. The van der Waals surface area contributed by atoms with Gasteiger partial charge in [-0.15, -0.1) is 0 Å². The molecular weight excluding hydrogens is 278 g/mol. The molecule has 2 aliphatic rings. The number of carbonyl (C=O) groups is 2. The fraction of sp³-hybridized carbons (Fsp3) is 0.412. The summed E-state index contributed by atoms with van der Waals surface area (Å²) < 4.78 is 0. The third-order valence-electron chi connectivity index (χ3n) is 3.96. The lowest BCUT2D eigenvalue weighted by atomic mass is 9.93. The fourth-order valence-corrected chi connectivity index (χ4v) is 2.49. The Balaban J connectivity index is 1.51. The molecule has 5 nitrogen and oxygen atoms in total. The number of carbonyl (C=O) groups excluding carboxylic acids is 2. The molecule has 3 rings (SSSR count). The van der Waals surface area contributed by atoms with E-state index in [9.17, 15) is 9.59 Å². The number of anilines is 2. The standard InChI is InChI=1S/C17H21N3O2/c21-16(12-4-2-1-3-5-12)18-13-6-8-14(9-7-13)19-17(22)20-15-10-11-15/h1-2,6-9,12,15H,3-5,10-11H2,(H,18,21)(H2,19,20,22). The number of nitrogens with one attached hydrogen (secondary N) is 3. The van der Waals surface area contributed by atoms with Crippen LogP contribution in [-0.4, -0.2) is 18.0 Å². The van der Waals surface area contributed by atoms with Crippen molar-refractivity contribution in [3.05, 3.63) is 36.4 Å². The Morgan fingerprint density at radius 3 is 2.18 bits per heavy atom. The predicted molar refractivity (Wildman–Crippen MR) is 86.7 cm³/mol. The summed E-state index contributed by atoms with van der Waals surface area (Å²) in [7, 11) is 0. The second-order valence-corrected chi connectivity index (χ2v) is 5.92. The van der Waals surface area contributed by atoms with E-state index in [4.69, 9.17) is 0 Å². The van der Waals surface area contributed by atoms with Crippen LogP contribution >= 0.6 is 0 Å². The molecule has 3 N–H and O–H groups in total. The van der Waals surface area contributed by atoms with Crippen molar-refractivity contribution in [2.24, 2.45) is 5.92 Å². The normalized spacial score (nSPS) is 20.3. The van der Waals surface area contributed by atoms with Gasteiger partial charge in [0.1, 0.15) is 0 Å². The minimum atomic E-state index is -0.173. The summed E-state index contributed by atoms with van der Waals surface area (Å²) in [6.07, 6.45) is 9.01. The SMILES string of the molecule is O=C(Nc1ccc(NC(=O)C2CC=CCC2)cc1)NC1CC1. The first-order valence-electron chi connectivity index (χ1n) is 7.84. The number of urea groups is 1. The highest BCUT2D eigenvalue weighted by molar-refractivity contribution is 5.93. The van der Waals surface area contributed by atoms with Gasteiger partial charge in [0.05, 0.1) is 0 Å². The summed E-state index contributed by atoms with van der Waals surface area (Å²) in [5, 5.41) is 8.58. The summed E-state index contributed by atoms with van der Waals surface area (Å²) in [5.41, 5.74) is 1.48. The molecule has 1 saturated carbocycles. The van der Waals surface area contributed by atoms with Crippen molar-refractivity contribution in [1.29, 1.82) is 0 Å². The van der Waals surface area contributed by atoms with Crippen molar-refractivity contribution in [2.75, 3.05) is 10.6 Å². The average Bonchev–Trinajstić information content (AvgIpc) is 3.34. The summed E-state index contributed by atoms with van der Waals surface area (Å²) in [5.74, 6) is 0.128. The van der Waals surface area contributed by atoms with E-state index in [-0.39, 0.29) is 17.9 Å². The van der Waals surface area contributed by atoms with Gasteiger partial charge in [-0.3, -0.25) is 4.79 Å². The number of allylic oxidation sites excluding steroid dienone is 2. The van der Waals surface area contributed by atoms with Crippen molar-refractivity contribution in [2.45, 2.75) is 38.1 Å². The molecular formula is C17H21N3O2. The minimum Gasteiger partial charge on any atom is -0.335 e. The molecule has 5 heteroatoms. The van der Waals surface area contributed by atoms with Crippen molar-refractivity contribution in [3.63, 3.8) is 0 Å². The molecule has 2 aliphatic carbocycles. The number of amides is 3. The zero-order valence-corrected chi connectivity index (χ0v) is 12.5. The maximum atomic E-state index is 12.1. The fourth-order valence-electron chi connectivity index (χ4n) is 2.49. The van der Waals surface area contributed by atoms with E-state index in [0.717, 1.165) is 43.5 Å². The largest absolute Gasteiger partial charge is 0.335 e. The van der Waals surface area contributed by atoms with Gasteiger partial charge in [-0.1, -0.05) is 12.2 Å². The summed E-state index contributed by atoms with van der Waals surface area (Å²) in [4.78, 5) is 23.8. The van der Waals surface area contributed by atoms with Crippen LogP contribution in [0.1, 0.15) is 32.1 Å². The van der Waals surface area contributed by atoms with Gasteiger partial charge in [-0.2, -0.15) is 0 Å². The van der Waals surface area contributed by atoms with Crippen LogP contribution in [0.2, 0.25) is 0 Å². The summed E-state index contributed by atoms with van der Waals surface area (Å²) >= 11 is 0. The lowest BCUT2D eigenvalue weighted by Crippen LogP contribution is -2.30. The lowest BCUT2D eigenvalue weighted by molar-refractivity contribution is -0.120. The molecule has 0 radical (unpaired) electrons. The van der Waals surface area contributed by atoms with E-state index >= 15 is 0 Å². The molecule has 116 valence electrons. The summed E-state index contributed by atoms with van der Waals surface area (Å²) in [6.45, 7) is 0. The molecule has 0 heterocycles. The van der Waals surface area contributed by atoms with E-state index in [1.807, 2.05) is 12.1 Å². The Morgan fingerprint density at radius 1 is 0.909 bits per heavy atom. The van der Waals surface area contributed by atoms with E-state index in [1.165, 1.54) is 0 Å². The Kier molecular flexibility index (Phi) is 4.42. The van der Waals surface area contributed by atoms with E-state index in [0.29, 0.717) is 6.04 Å². The average molecular weight is 299 g/mol. The van der Waals surface area contributed by atoms with Gasteiger partial charge in [0, 0.05) is 23.3 Å². The molecule has 22 heavy (non-hydrogen) atoms. The molecule has 1 unspecified atom stereocenters. The van der Waals surface area contributed by atoms with Crippen LogP contribution in [0.5, 0.6) is 0 Å². The molecule has 3 amide bonds. The Labute approximate surface area is 130 Å². The van der Waals surface area contributed by atoms with E-state index < -0.39 is 0 Å². The van der Waals surface area contributed by atoms with Gasteiger partial charge in [0.2, 0.25) is 5.91 Å². The topological polar surface area (TPSA) is 70.2 Å². The molecule has 1 aromatic carbocycles. The first-order valence-corrected chi connectivity index (χ1v) is 7.84. The Hall–Kier alpha value is -2.30. The predicted octanol–water partition coefficient (Wildman–Crippen LogP) is 3.27. The molecule has 0 spiro atoms. The van der Waals surface area contributed by atoms with E-state index in [2.05, 4.69) is 28.1 Å². The first kappa shape index (κ1) is 14.6. The van der Waals surface area contributed by atoms with Crippen LogP contribution in [0.3, 0.4) is 0 Å². The van der Waals surface area contributed by atoms with Gasteiger partial charge in [0.15, 0.2) is 0 Å². The molecule has 0 saturated heterocycles. The van der Waals surface area contributed by atoms with Gasteiger partial charge < -0.3 is 16.0 Å². The molecule has 0 bridgehead atoms. The number of hydrogen-bond acceptors (Lipinski definition) is 2. The van der Waals surface area contributed by atoms with Gasteiger partial charge >= 0.3 is 6.03 Å². The minimum absolute atomic E-state index is 0.0621. The number of rotatable bonds is 4. The van der Waals surface area contributed by atoms with Crippen LogP contribution in [0, 0.1) is 5.92 Å². The zero-order valence-electron chi connectivity index (χ0n) is 12.5. The van der Waals surface area contributed by atoms with Crippen molar-refractivity contribution in [1.82, 2.24) is 5.32 Å². The van der Waals surface area contributed by atoms with Crippen LogP contribution in [0.15, 0.2) is 36.4 Å². The quantitative estimate of drug-likeness (QED) is 0.747. The molecule has 1 fully saturated rings. The second-order valence-electron chi connectivity index (χ2n) is 5.92. The number of hydrogen-bond donors (Lipinski definition) is 3. The highest BCUT2D eigenvalue weighted by atomic mass is 16.2. The van der Waals surface area contributed by atoms with Crippen LogP contribution in [0.4, 0.5) is 16.2 Å². The maximum Gasteiger partial charge on any atom is 0.319 e. The monoisotopic (exact) mass is 299 g/mol.